The SMILES string of the molecule is CCCN(CCC)CCCC(=O)Nc1ccc(N(C)C)c(C)c1. The smallest absolute Gasteiger partial charge is 0.224 e. The first-order chi connectivity index (χ1) is 11.0. The summed E-state index contributed by atoms with van der Waals surface area (Å²) in [5.41, 5.74) is 3.24. The number of hydrogen-bond acceptors (Lipinski definition) is 3. The largest absolute Gasteiger partial charge is 0.377 e. The highest BCUT2D eigenvalue weighted by atomic mass is 16.1. The van der Waals surface area contributed by atoms with Crippen molar-refractivity contribution in [1.82, 2.24) is 4.90 Å². The molecule has 0 bridgehead atoms. The first-order valence-electron chi connectivity index (χ1n) is 8.78. The monoisotopic (exact) mass is 319 g/mol. The van der Waals surface area contributed by atoms with Crippen LogP contribution in [0.25, 0.3) is 0 Å². The predicted molar refractivity (Wildman–Crippen MR) is 100 cm³/mol. The Morgan fingerprint density at radius 3 is 2.26 bits per heavy atom. The lowest BCUT2D eigenvalue weighted by Gasteiger charge is -2.20. The van der Waals surface area contributed by atoms with Gasteiger partial charge in [0.2, 0.25) is 5.91 Å². The normalized spacial score (nSPS) is 10.9. The zero-order chi connectivity index (χ0) is 17.2. The average molecular weight is 319 g/mol. The van der Waals surface area contributed by atoms with Gasteiger partial charge in [0.1, 0.15) is 0 Å². The Balaban J connectivity index is 2.43. The second kappa shape index (κ2) is 10.3. The van der Waals surface area contributed by atoms with Gasteiger partial charge in [-0.05, 0) is 69.6 Å². The van der Waals surface area contributed by atoms with Crippen LogP contribution < -0.4 is 10.2 Å². The van der Waals surface area contributed by atoms with Crippen LogP contribution in [-0.4, -0.2) is 44.5 Å². The maximum atomic E-state index is 12.1. The molecule has 1 N–H and O–H groups in total. The number of carbonyl (C=O) groups excluding carboxylic acids is 1. The molecule has 4 nitrogen and oxygen atoms in total. The molecule has 0 saturated carbocycles. The molecule has 1 aromatic carbocycles. The Morgan fingerprint density at radius 2 is 1.74 bits per heavy atom. The maximum Gasteiger partial charge on any atom is 0.224 e. The molecule has 0 unspecified atom stereocenters. The van der Waals surface area contributed by atoms with Gasteiger partial charge >= 0.3 is 0 Å². The molecule has 0 radical (unpaired) electrons. The third-order valence-corrected chi connectivity index (χ3v) is 3.92. The summed E-state index contributed by atoms with van der Waals surface area (Å²) in [4.78, 5) is 16.6. The molecule has 0 saturated heterocycles. The van der Waals surface area contributed by atoms with E-state index in [1.54, 1.807) is 0 Å². The number of aryl methyl sites for hydroxylation is 1. The molecule has 0 fully saturated rings. The van der Waals surface area contributed by atoms with E-state index in [9.17, 15) is 4.79 Å². The van der Waals surface area contributed by atoms with Crippen molar-refractivity contribution in [1.29, 1.82) is 0 Å². The molecule has 0 aliphatic rings. The highest BCUT2D eigenvalue weighted by Crippen LogP contribution is 2.21. The Bertz CT molecular complexity index is 480. The molecular weight excluding hydrogens is 286 g/mol. The Labute approximate surface area is 141 Å². The van der Waals surface area contributed by atoms with Gasteiger partial charge in [0, 0.05) is 31.9 Å². The molecule has 0 aromatic heterocycles. The van der Waals surface area contributed by atoms with Gasteiger partial charge in [-0.15, -0.1) is 0 Å². The lowest BCUT2D eigenvalue weighted by molar-refractivity contribution is -0.116. The van der Waals surface area contributed by atoms with Crippen LogP contribution in [0, 0.1) is 6.92 Å². The standard InChI is InChI=1S/C19H33N3O/c1-6-12-22(13-7-2)14-8-9-19(23)20-17-10-11-18(21(4)5)16(3)15-17/h10-11,15H,6-9,12-14H2,1-5H3,(H,20,23). The van der Waals surface area contributed by atoms with E-state index in [0.29, 0.717) is 6.42 Å². The van der Waals surface area contributed by atoms with Crippen molar-refractivity contribution in [2.24, 2.45) is 0 Å². The first-order valence-corrected chi connectivity index (χ1v) is 8.78. The molecule has 0 heterocycles. The van der Waals surface area contributed by atoms with Crippen molar-refractivity contribution in [2.75, 3.05) is 43.9 Å². The number of nitrogens with zero attached hydrogens (tertiary/aromatic N) is 2. The molecule has 0 atom stereocenters. The minimum Gasteiger partial charge on any atom is -0.377 e. The Morgan fingerprint density at radius 1 is 1.09 bits per heavy atom. The molecule has 0 aliphatic carbocycles. The summed E-state index contributed by atoms with van der Waals surface area (Å²) in [5.74, 6) is 0.106. The van der Waals surface area contributed by atoms with Crippen LogP contribution in [0.15, 0.2) is 18.2 Å². The number of nitrogens with one attached hydrogen (secondary N) is 1. The zero-order valence-corrected chi connectivity index (χ0v) is 15.5. The quantitative estimate of drug-likeness (QED) is 0.710. The Kier molecular flexibility index (Phi) is 8.70. The second-order valence-corrected chi connectivity index (χ2v) is 6.39. The number of carbonyl (C=O) groups is 1. The van der Waals surface area contributed by atoms with Gasteiger partial charge in [-0.25, -0.2) is 0 Å². The minimum absolute atomic E-state index is 0.106. The fourth-order valence-electron chi connectivity index (χ4n) is 2.89. The summed E-state index contributed by atoms with van der Waals surface area (Å²) in [6, 6.07) is 6.06. The summed E-state index contributed by atoms with van der Waals surface area (Å²) >= 11 is 0. The third-order valence-electron chi connectivity index (χ3n) is 3.92. The van der Waals surface area contributed by atoms with Gasteiger partial charge < -0.3 is 15.1 Å². The van der Waals surface area contributed by atoms with Gasteiger partial charge in [0.25, 0.3) is 0 Å². The number of benzene rings is 1. The van der Waals surface area contributed by atoms with Crippen molar-refractivity contribution < 1.29 is 4.79 Å². The number of anilines is 2. The maximum absolute atomic E-state index is 12.1. The fraction of sp³-hybridized carbons (Fsp3) is 0.632. The highest BCUT2D eigenvalue weighted by molar-refractivity contribution is 5.91. The van der Waals surface area contributed by atoms with E-state index in [1.165, 1.54) is 24.1 Å². The molecule has 4 heteroatoms. The van der Waals surface area contributed by atoms with E-state index in [1.807, 2.05) is 26.2 Å². The average Bonchev–Trinajstić information content (AvgIpc) is 2.47. The van der Waals surface area contributed by atoms with Crippen molar-refractivity contribution in [3.05, 3.63) is 23.8 Å². The highest BCUT2D eigenvalue weighted by Gasteiger charge is 2.07. The lowest BCUT2D eigenvalue weighted by atomic mass is 10.1. The predicted octanol–water partition coefficient (Wildman–Crippen LogP) is 3.90. The first kappa shape index (κ1) is 19.5. The van der Waals surface area contributed by atoms with Crippen LogP contribution in [-0.2, 0) is 4.79 Å². The zero-order valence-electron chi connectivity index (χ0n) is 15.5. The summed E-state index contributed by atoms with van der Waals surface area (Å²) in [6.07, 6.45) is 3.84. The van der Waals surface area contributed by atoms with E-state index in [-0.39, 0.29) is 5.91 Å². The topological polar surface area (TPSA) is 35.6 Å². The Hall–Kier alpha value is -1.55. The molecule has 0 spiro atoms. The van der Waals surface area contributed by atoms with E-state index in [4.69, 9.17) is 0 Å². The molecule has 1 rings (SSSR count). The third kappa shape index (κ3) is 7.04. The van der Waals surface area contributed by atoms with E-state index in [0.717, 1.165) is 31.7 Å². The summed E-state index contributed by atoms with van der Waals surface area (Å²) in [7, 11) is 4.05. The molecule has 1 aromatic rings. The van der Waals surface area contributed by atoms with Crippen molar-refractivity contribution >= 4 is 17.3 Å². The summed E-state index contributed by atoms with van der Waals surface area (Å²) in [6.45, 7) is 9.73. The van der Waals surface area contributed by atoms with Gasteiger partial charge in [0.15, 0.2) is 0 Å². The van der Waals surface area contributed by atoms with Crippen molar-refractivity contribution in [3.8, 4) is 0 Å². The van der Waals surface area contributed by atoms with E-state index in [2.05, 4.69) is 42.0 Å². The second-order valence-electron chi connectivity index (χ2n) is 6.39. The van der Waals surface area contributed by atoms with E-state index >= 15 is 0 Å². The minimum atomic E-state index is 0.106. The van der Waals surface area contributed by atoms with Gasteiger partial charge in [-0.3, -0.25) is 4.79 Å². The van der Waals surface area contributed by atoms with Crippen LogP contribution in [0.3, 0.4) is 0 Å². The summed E-state index contributed by atoms with van der Waals surface area (Å²) < 4.78 is 0. The van der Waals surface area contributed by atoms with Crippen LogP contribution >= 0.6 is 0 Å². The number of hydrogen-bond donors (Lipinski definition) is 1. The van der Waals surface area contributed by atoms with Crippen LogP contribution in [0.5, 0.6) is 0 Å². The fourth-order valence-corrected chi connectivity index (χ4v) is 2.89. The molecule has 130 valence electrons. The van der Waals surface area contributed by atoms with Gasteiger partial charge in [-0.1, -0.05) is 13.8 Å². The molecule has 0 aliphatic heterocycles. The van der Waals surface area contributed by atoms with Crippen LogP contribution in [0.1, 0.15) is 45.1 Å². The molecule has 1 amide bonds. The molecule has 23 heavy (non-hydrogen) atoms. The lowest BCUT2D eigenvalue weighted by Crippen LogP contribution is -2.27. The van der Waals surface area contributed by atoms with Crippen molar-refractivity contribution in [3.63, 3.8) is 0 Å². The number of rotatable bonds is 10. The van der Waals surface area contributed by atoms with E-state index < -0.39 is 0 Å². The van der Waals surface area contributed by atoms with Gasteiger partial charge in [0.05, 0.1) is 0 Å². The van der Waals surface area contributed by atoms with Crippen LogP contribution in [0.2, 0.25) is 0 Å². The van der Waals surface area contributed by atoms with Crippen molar-refractivity contribution in [2.45, 2.75) is 46.5 Å². The molecular formula is C19H33N3O. The van der Waals surface area contributed by atoms with Crippen LogP contribution in [0.4, 0.5) is 11.4 Å². The summed E-state index contributed by atoms with van der Waals surface area (Å²) in [5, 5.41) is 3.01. The number of amides is 1. The van der Waals surface area contributed by atoms with Gasteiger partial charge in [-0.2, -0.15) is 0 Å².